The Labute approximate surface area is 174 Å². The van der Waals surface area contributed by atoms with Crippen molar-refractivity contribution in [2.45, 2.75) is 19.9 Å². The second kappa shape index (κ2) is 8.09. The number of nitrogens with zero attached hydrogens (tertiary/aromatic N) is 3. The molecule has 0 atom stereocenters. The number of amides is 2. The molecule has 0 fully saturated rings. The quantitative estimate of drug-likeness (QED) is 0.721. The van der Waals surface area contributed by atoms with Crippen LogP contribution in [-0.4, -0.2) is 39.6 Å². The standard InChI is InChI=1S/C22H21ClN4O2/c1-15-18(12-25-27(15)20-9-5-4-8-19(20)23)22(29)24-13-21(28)26-11-10-16-6-2-3-7-17(16)14-26/h2-9,12H,10-11,13-14H2,1H3,(H,24,29). The van der Waals surface area contributed by atoms with E-state index < -0.39 is 0 Å². The molecular weight excluding hydrogens is 388 g/mol. The molecule has 0 aliphatic carbocycles. The summed E-state index contributed by atoms with van der Waals surface area (Å²) in [6.45, 7) is 3.00. The Balaban J connectivity index is 1.41. The van der Waals surface area contributed by atoms with E-state index in [4.69, 9.17) is 11.6 Å². The molecule has 3 aromatic rings. The number of carbonyl (C=O) groups is 2. The van der Waals surface area contributed by atoms with Crippen molar-refractivity contribution in [1.82, 2.24) is 20.0 Å². The number of aromatic nitrogens is 2. The fourth-order valence-electron chi connectivity index (χ4n) is 3.57. The van der Waals surface area contributed by atoms with Gasteiger partial charge in [0.05, 0.1) is 34.7 Å². The SMILES string of the molecule is Cc1c(C(=O)NCC(=O)N2CCc3ccccc3C2)cnn1-c1ccccc1Cl. The molecular formula is C22H21ClN4O2. The van der Waals surface area contributed by atoms with Crippen molar-refractivity contribution in [2.24, 2.45) is 0 Å². The number of nitrogens with one attached hydrogen (secondary N) is 1. The number of para-hydroxylation sites is 1. The number of benzene rings is 2. The van der Waals surface area contributed by atoms with Crippen molar-refractivity contribution in [1.29, 1.82) is 0 Å². The number of rotatable bonds is 4. The monoisotopic (exact) mass is 408 g/mol. The fraction of sp³-hybridized carbons (Fsp3) is 0.227. The number of fused-ring (bicyclic) bond motifs is 1. The first kappa shape index (κ1) is 19.2. The smallest absolute Gasteiger partial charge is 0.255 e. The van der Waals surface area contributed by atoms with Gasteiger partial charge in [0.25, 0.3) is 5.91 Å². The molecule has 7 heteroatoms. The molecule has 2 amide bonds. The Hall–Kier alpha value is -3.12. The third kappa shape index (κ3) is 3.89. The highest BCUT2D eigenvalue weighted by Gasteiger charge is 2.22. The molecule has 29 heavy (non-hydrogen) atoms. The maximum Gasteiger partial charge on any atom is 0.255 e. The average Bonchev–Trinajstić information content (AvgIpc) is 3.13. The number of halogens is 1. The van der Waals surface area contributed by atoms with Gasteiger partial charge in [-0.25, -0.2) is 4.68 Å². The molecule has 4 rings (SSSR count). The molecule has 0 spiro atoms. The second-order valence-corrected chi connectivity index (χ2v) is 7.43. The van der Waals surface area contributed by atoms with E-state index in [2.05, 4.69) is 16.5 Å². The predicted octanol–water partition coefficient (Wildman–Crippen LogP) is 3.15. The molecule has 1 aliphatic rings. The molecule has 2 heterocycles. The van der Waals surface area contributed by atoms with Crippen molar-refractivity contribution in [3.63, 3.8) is 0 Å². The summed E-state index contributed by atoms with van der Waals surface area (Å²) in [5, 5.41) is 7.56. The van der Waals surface area contributed by atoms with Gasteiger partial charge in [-0.2, -0.15) is 5.10 Å². The number of carbonyl (C=O) groups excluding carboxylic acids is 2. The summed E-state index contributed by atoms with van der Waals surface area (Å²) in [5.41, 5.74) is 4.23. The largest absolute Gasteiger partial charge is 0.343 e. The van der Waals surface area contributed by atoms with Crippen LogP contribution in [0.15, 0.2) is 54.7 Å². The van der Waals surface area contributed by atoms with Crippen molar-refractivity contribution < 1.29 is 9.59 Å². The summed E-state index contributed by atoms with van der Waals surface area (Å²) in [5.74, 6) is -0.421. The van der Waals surface area contributed by atoms with Crippen LogP contribution in [0.3, 0.4) is 0 Å². The summed E-state index contributed by atoms with van der Waals surface area (Å²) in [7, 11) is 0. The van der Waals surface area contributed by atoms with Gasteiger partial charge in [0.1, 0.15) is 0 Å². The van der Waals surface area contributed by atoms with Gasteiger partial charge in [0, 0.05) is 13.1 Å². The van der Waals surface area contributed by atoms with Gasteiger partial charge in [-0.15, -0.1) is 0 Å². The normalized spacial score (nSPS) is 13.1. The van der Waals surface area contributed by atoms with Crippen LogP contribution in [0.25, 0.3) is 5.69 Å². The zero-order chi connectivity index (χ0) is 20.4. The van der Waals surface area contributed by atoms with Crippen LogP contribution in [0, 0.1) is 6.92 Å². The number of hydrogen-bond donors (Lipinski definition) is 1. The zero-order valence-electron chi connectivity index (χ0n) is 16.1. The first-order chi connectivity index (χ1) is 14.0. The van der Waals surface area contributed by atoms with E-state index in [0.29, 0.717) is 35.1 Å². The van der Waals surface area contributed by atoms with Crippen LogP contribution in [0.2, 0.25) is 5.02 Å². The van der Waals surface area contributed by atoms with Crippen LogP contribution in [-0.2, 0) is 17.8 Å². The summed E-state index contributed by atoms with van der Waals surface area (Å²) in [6.07, 6.45) is 2.33. The first-order valence-corrected chi connectivity index (χ1v) is 9.84. The molecule has 1 aromatic heterocycles. The van der Waals surface area contributed by atoms with Gasteiger partial charge in [-0.05, 0) is 36.6 Å². The van der Waals surface area contributed by atoms with Crippen LogP contribution in [0.4, 0.5) is 0 Å². The van der Waals surface area contributed by atoms with E-state index in [-0.39, 0.29) is 18.4 Å². The predicted molar refractivity (Wildman–Crippen MR) is 111 cm³/mol. The molecule has 6 nitrogen and oxygen atoms in total. The highest BCUT2D eigenvalue weighted by atomic mass is 35.5. The highest BCUT2D eigenvalue weighted by molar-refractivity contribution is 6.32. The molecule has 0 unspecified atom stereocenters. The van der Waals surface area contributed by atoms with E-state index in [0.717, 1.165) is 12.0 Å². The van der Waals surface area contributed by atoms with Crippen LogP contribution < -0.4 is 5.32 Å². The molecule has 0 saturated carbocycles. The molecule has 1 N–H and O–H groups in total. The Kier molecular flexibility index (Phi) is 5.36. The summed E-state index contributed by atoms with van der Waals surface area (Å²) < 4.78 is 1.63. The Morgan fingerprint density at radius 1 is 1.10 bits per heavy atom. The van der Waals surface area contributed by atoms with Crippen molar-refractivity contribution in [2.75, 3.05) is 13.1 Å². The van der Waals surface area contributed by atoms with Gasteiger partial charge in [0.2, 0.25) is 5.91 Å². The van der Waals surface area contributed by atoms with E-state index in [1.807, 2.05) is 36.4 Å². The number of hydrogen-bond acceptors (Lipinski definition) is 3. The summed E-state index contributed by atoms with van der Waals surface area (Å²) in [6, 6.07) is 15.4. The van der Waals surface area contributed by atoms with E-state index in [1.165, 1.54) is 11.8 Å². The minimum Gasteiger partial charge on any atom is -0.343 e. The van der Waals surface area contributed by atoms with E-state index in [9.17, 15) is 9.59 Å². The zero-order valence-corrected chi connectivity index (χ0v) is 16.8. The lowest BCUT2D eigenvalue weighted by Crippen LogP contribution is -2.42. The molecule has 1 aliphatic heterocycles. The van der Waals surface area contributed by atoms with Gasteiger partial charge in [-0.3, -0.25) is 9.59 Å². The lowest BCUT2D eigenvalue weighted by molar-refractivity contribution is -0.131. The maximum atomic E-state index is 12.6. The molecule has 0 saturated heterocycles. The van der Waals surface area contributed by atoms with Gasteiger partial charge >= 0.3 is 0 Å². The van der Waals surface area contributed by atoms with E-state index in [1.54, 1.807) is 22.6 Å². The van der Waals surface area contributed by atoms with Crippen LogP contribution in [0.5, 0.6) is 0 Å². The lowest BCUT2D eigenvalue weighted by Gasteiger charge is -2.29. The highest BCUT2D eigenvalue weighted by Crippen LogP contribution is 2.22. The lowest BCUT2D eigenvalue weighted by atomic mass is 10.00. The van der Waals surface area contributed by atoms with Gasteiger partial charge in [-0.1, -0.05) is 48.0 Å². The van der Waals surface area contributed by atoms with Crippen LogP contribution in [0.1, 0.15) is 27.2 Å². The molecule has 0 bridgehead atoms. The van der Waals surface area contributed by atoms with Gasteiger partial charge < -0.3 is 10.2 Å². The first-order valence-electron chi connectivity index (χ1n) is 9.47. The molecule has 0 radical (unpaired) electrons. The average molecular weight is 409 g/mol. The topological polar surface area (TPSA) is 67.2 Å². The fourth-order valence-corrected chi connectivity index (χ4v) is 3.79. The molecule has 148 valence electrons. The van der Waals surface area contributed by atoms with Crippen molar-refractivity contribution in [3.05, 3.63) is 82.1 Å². The van der Waals surface area contributed by atoms with Crippen LogP contribution >= 0.6 is 11.6 Å². The van der Waals surface area contributed by atoms with Crippen molar-refractivity contribution >= 4 is 23.4 Å². The minimum atomic E-state index is -0.327. The second-order valence-electron chi connectivity index (χ2n) is 7.02. The Morgan fingerprint density at radius 2 is 1.83 bits per heavy atom. The maximum absolute atomic E-state index is 12.6. The Bertz CT molecular complexity index is 1080. The van der Waals surface area contributed by atoms with E-state index >= 15 is 0 Å². The summed E-state index contributed by atoms with van der Waals surface area (Å²) in [4.78, 5) is 27.0. The van der Waals surface area contributed by atoms with Crippen molar-refractivity contribution in [3.8, 4) is 5.69 Å². The Morgan fingerprint density at radius 3 is 2.62 bits per heavy atom. The minimum absolute atomic E-state index is 0.0439. The van der Waals surface area contributed by atoms with Gasteiger partial charge in [0.15, 0.2) is 0 Å². The third-order valence-corrected chi connectivity index (χ3v) is 5.54. The summed E-state index contributed by atoms with van der Waals surface area (Å²) >= 11 is 6.23. The molecule has 2 aromatic carbocycles. The third-order valence-electron chi connectivity index (χ3n) is 5.22.